The number of nitrogens with one attached hydrogen (secondary N) is 1. The normalized spacial score (nSPS) is 22.6. The average Bonchev–Trinajstić information content (AvgIpc) is 2.36. The maximum Gasteiger partial charge on any atom is 0.244 e. The highest BCUT2D eigenvalue weighted by Gasteiger charge is 2.32. The monoisotopic (exact) mass is 319 g/mol. The first-order valence-corrected chi connectivity index (χ1v) is 8.14. The number of nitrogens with zero attached hydrogens (tertiary/aromatic N) is 2. The van der Waals surface area contributed by atoms with Crippen LogP contribution in [0.3, 0.4) is 0 Å². The van der Waals surface area contributed by atoms with Crippen LogP contribution in [0.4, 0.5) is 5.82 Å². The van der Waals surface area contributed by atoms with Gasteiger partial charge in [0.25, 0.3) is 0 Å². The van der Waals surface area contributed by atoms with Gasteiger partial charge in [-0.05, 0) is 24.8 Å². The van der Waals surface area contributed by atoms with Crippen LogP contribution < -0.4 is 5.32 Å². The quantitative estimate of drug-likeness (QED) is 0.851. The zero-order chi connectivity index (χ0) is 14.9. The number of rotatable bonds is 5. The van der Waals surface area contributed by atoms with Crippen LogP contribution in [0.2, 0.25) is 5.02 Å². The van der Waals surface area contributed by atoms with Crippen molar-refractivity contribution >= 4 is 27.4 Å². The molecule has 8 heteroatoms. The molecule has 1 saturated carbocycles. The van der Waals surface area contributed by atoms with Crippen molar-refractivity contribution in [3.05, 3.63) is 17.3 Å². The van der Waals surface area contributed by atoms with Crippen LogP contribution in [0.1, 0.15) is 12.8 Å². The van der Waals surface area contributed by atoms with Gasteiger partial charge in [0.05, 0.1) is 11.1 Å². The maximum absolute atomic E-state index is 12.4. The second kappa shape index (κ2) is 5.85. The van der Waals surface area contributed by atoms with Crippen molar-refractivity contribution in [2.75, 3.05) is 26.0 Å². The molecular weight excluding hydrogens is 302 g/mol. The summed E-state index contributed by atoms with van der Waals surface area (Å²) in [6.45, 7) is 0.394. The number of hydrogen-bond acceptors (Lipinski definition) is 5. The highest BCUT2D eigenvalue weighted by Crippen LogP contribution is 2.30. The van der Waals surface area contributed by atoms with Crippen molar-refractivity contribution in [3.8, 4) is 0 Å². The van der Waals surface area contributed by atoms with Crippen LogP contribution in [-0.4, -0.2) is 49.6 Å². The van der Waals surface area contributed by atoms with E-state index in [1.165, 1.54) is 23.6 Å². The number of aliphatic hydroxyl groups excluding tert-OH is 1. The number of anilines is 1. The molecule has 0 saturated heterocycles. The van der Waals surface area contributed by atoms with Crippen molar-refractivity contribution in [2.45, 2.75) is 23.8 Å². The Morgan fingerprint density at radius 1 is 1.55 bits per heavy atom. The molecule has 0 unspecified atom stereocenters. The van der Waals surface area contributed by atoms with Crippen molar-refractivity contribution in [3.63, 3.8) is 0 Å². The Bertz CT molecular complexity index is 588. The first kappa shape index (κ1) is 15.5. The molecule has 0 spiro atoms. The van der Waals surface area contributed by atoms with Gasteiger partial charge in [-0.15, -0.1) is 0 Å². The fourth-order valence-corrected chi connectivity index (χ4v) is 3.78. The van der Waals surface area contributed by atoms with Gasteiger partial charge >= 0.3 is 0 Å². The first-order valence-electron chi connectivity index (χ1n) is 6.32. The van der Waals surface area contributed by atoms with Crippen molar-refractivity contribution < 1.29 is 13.5 Å². The summed E-state index contributed by atoms with van der Waals surface area (Å²) in [5.41, 5.74) is 0. The minimum Gasteiger partial charge on any atom is -0.393 e. The first-order chi connectivity index (χ1) is 9.34. The van der Waals surface area contributed by atoms with E-state index in [2.05, 4.69) is 10.3 Å². The molecule has 1 fully saturated rings. The number of aromatic nitrogens is 1. The Balaban J connectivity index is 2.14. The molecule has 1 aromatic rings. The summed E-state index contributed by atoms with van der Waals surface area (Å²) in [4.78, 5) is 4.05. The van der Waals surface area contributed by atoms with Crippen LogP contribution in [-0.2, 0) is 10.0 Å². The van der Waals surface area contributed by atoms with E-state index in [1.807, 2.05) is 0 Å². The van der Waals surface area contributed by atoms with E-state index in [0.717, 1.165) is 0 Å². The second-order valence-electron chi connectivity index (χ2n) is 5.03. The summed E-state index contributed by atoms with van der Waals surface area (Å²) in [6, 6.07) is 1.39. The third-order valence-electron chi connectivity index (χ3n) is 3.49. The Labute approximate surface area is 123 Å². The van der Waals surface area contributed by atoms with E-state index in [-0.39, 0.29) is 21.9 Å². The highest BCUT2D eigenvalue weighted by atomic mass is 35.5. The van der Waals surface area contributed by atoms with Crippen LogP contribution in [0, 0.1) is 5.92 Å². The van der Waals surface area contributed by atoms with Crippen LogP contribution in [0.25, 0.3) is 0 Å². The van der Waals surface area contributed by atoms with Crippen molar-refractivity contribution in [2.24, 2.45) is 5.92 Å². The molecule has 0 aromatic carbocycles. The standard InChI is InChI=1S/C12H18ClN3O3S/c1-14-12-11(13)5-10(6-15-12)20(18,19)16(2)7-8-3-9(17)4-8/h5-6,8-9,17H,3-4,7H2,1-2H3,(H,14,15). The largest absolute Gasteiger partial charge is 0.393 e. The molecule has 1 aliphatic carbocycles. The Morgan fingerprint density at radius 2 is 2.20 bits per heavy atom. The van der Waals surface area contributed by atoms with Crippen LogP contribution in [0.5, 0.6) is 0 Å². The lowest BCUT2D eigenvalue weighted by Gasteiger charge is -2.34. The molecule has 112 valence electrons. The van der Waals surface area contributed by atoms with E-state index in [0.29, 0.717) is 25.2 Å². The van der Waals surface area contributed by atoms with Gasteiger partial charge in [-0.3, -0.25) is 0 Å². The molecule has 1 aliphatic rings. The molecule has 0 bridgehead atoms. The topological polar surface area (TPSA) is 82.5 Å². The molecule has 20 heavy (non-hydrogen) atoms. The zero-order valence-electron chi connectivity index (χ0n) is 11.4. The van der Waals surface area contributed by atoms with Gasteiger partial charge in [0.2, 0.25) is 10.0 Å². The maximum atomic E-state index is 12.4. The Morgan fingerprint density at radius 3 is 2.70 bits per heavy atom. The summed E-state index contributed by atoms with van der Waals surface area (Å²) in [6.07, 6.45) is 2.30. The molecular formula is C12H18ClN3O3S. The average molecular weight is 320 g/mol. The number of halogens is 1. The van der Waals surface area contributed by atoms with Crippen LogP contribution in [0.15, 0.2) is 17.2 Å². The molecule has 2 rings (SSSR count). The SMILES string of the molecule is CNc1ncc(S(=O)(=O)N(C)CC2CC(O)C2)cc1Cl. The van der Waals surface area contributed by atoms with E-state index in [1.54, 1.807) is 7.05 Å². The van der Waals surface area contributed by atoms with E-state index >= 15 is 0 Å². The van der Waals surface area contributed by atoms with Gasteiger partial charge in [0.1, 0.15) is 10.7 Å². The molecule has 0 amide bonds. The fraction of sp³-hybridized carbons (Fsp3) is 0.583. The van der Waals surface area contributed by atoms with Crippen LogP contribution >= 0.6 is 11.6 Å². The Kier molecular flexibility index (Phi) is 4.53. The minimum atomic E-state index is -3.60. The second-order valence-corrected chi connectivity index (χ2v) is 7.48. The highest BCUT2D eigenvalue weighted by molar-refractivity contribution is 7.89. The summed E-state index contributed by atoms with van der Waals surface area (Å²) < 4.78 is 26.1. The summed E-state index contributed by atoms with van der Waals surface area (Å²) in [5.74, 6) is 0.653. The van der Waals surface area contributed by atoms with Gasteiger partial charge in [-0.1, -0.05) is 11.6 Å². The van der Waals surface area contributed by atoms with E-state index in [9.17, 15) is 13.5 Å². The molecule has 6 nitrogen and oxygen atoms in total. The van der Waals surface area contributed by atoms with Crippen molar-refractivity contribution in [1.29, 1.82) is 0 Å². The fourth-order valence-electron chi connectivity index (χ4n) is 2.24. The third-order valence-corrected chi connectivity index (χ3v) is 5.56. The molecule has 1 aromatic heterocycles. The van der Waals surface area contributed by atoms with Gasteiger partial charge in [-0.2, -0.15) is 0 Å². The van der Waals surface area contributed by atoms with E-state index in [4.69, 9.17) is 11.6 Å². The third kappa shape index (κ3) is 3.06. The molecule has 2 N–H and O–H groups in total. The van der Waals surface area contributed by atoms with E-state index < -0.39 is 10.0 Å². The lowest BCUT2D eigenvalue weighted by molar-refractivity contribution is 0.0367. The lowest BCUT2D eigenvalue weighted by atomic mass is 9.82. The zero-order valence-corrected chi connectivity index (χ0v) is 12.9. The number of pyridine rings is 1. The molecule has 1 heterocycles. The molecule has 0 aliphatic heterocycles. The molecule has 0 radical (unpaired) electrons. The van der Waals surface area contributed by atoms with Gasteiger partial charge < -0.3 is 10.4 Å². The smallest absolute Gasteiger partial charge is 0.244 e. The van der Waals surface area contributed by atoms with Crippen molar-refractivity contribution in [1.82, 2.24) is 9.29 Å². The summed E-state index contributed by atoms with van der Waals surface area (Å²) in [7, 11) is -0.407. The molecule has 0 atom stereocenters. The number of hydrogen-bond donors (Lipinski definition) is 2. The van der Waals surface area contributed by atoms with Gasteiger partial charge in [-0.25, -0.2) is 17.7 Å². The number of sulfonamides is 1. The van der Waals surface area contributed by atoms with Gasteiger partial charge in [0, 0.05) is 26.8 Å². The minimum absolute atomic E-state index is 0.0730. The predicted octanol–water partition coefficient (Wildman–Crippen LogP) is 1.17. The predicted molar refractivity (Wildman–Crippen MR) is 77.3 cm³/mol. The lowest BCUT2D eigenvalue weighted by Crippen LogP contribution is -2.39. The summed E-state index contributed by atoms with van der Waals surface area (Å²) in [5, 5.41) is 12.3. The summed E-state index contributed by atoms with van der Waals surface area (Å²) >= 11 is 5.96. The number of aliphatic hydroxyl groups is 1. The van der Waals surface area contributed by atoms with Gasteiger partial charge in [0.15, 0.2) is 0 Å². The Hall–Kier alpha value is -0.890.